The van der Waals surface area contributed by atoms with Gasteiger partial charge < -0.3 is 0 Å². The molecule has 0 atom stereocenters. The summed E-state index contributed by atoms with van der Waals surface area (Å²) in [7, 11) is 0. The number of aromatic nitrogens is 2. The van der Waals surface area contributed by atoms with E-state index in [-0.39, 0.29) is 12.4 Å². The molecule has 0 aliphatic heterocycles. The third-order valence-corrected chi connectivity index (χ3v) is 0.729. The van der Waals surface area contributed by atoms with Crippen molar-refractivity contribution in [2.24, 2.45) is 0 Å². The molecule has 0 unspecified atom stereocenters. The summed E-state index contributed by atoms with van der Waals surface area (Å²) in [5, 5.41) is 0.294. The Kier molecular flexibility index (Phi) is 3.48. The van der Waals surface area contributed by atoms with Gasteiger partial charge in [0.1, 0.15) is 0 Å². The Morgan fingerprint density at radius 3 is 2.00 bits per heavy atom. The minimum atomic E-state index is 0. The second-order valence-electron chi connectivity index (χ2n) is 1.02. The normalized spacial score (nSPS) is 7.62. The maximum Gasteiger partial charge on any atom is 0.222 e. The van der Waals surface area contributed by atoms with Gasteiger partial charge in [0.05, 0.1) is 0 Å². The lowest BCUT2D eigenvalue weighted by molar-refractivity contribution is 1.17. The fraction of sp³-hybridized carbons (Fsp3) is 0. The second kappa shape index (κ2) is 3.64. The molecule has 1 rings (SSSR count). The summed E-state index contributed by atoms with van der Waals surface area (Å²) >= 11 is 5.32. The third-order valence-electron chi connectivity index (χ3n) is 0.534. The van der Waals surface area contributed by atoms with Gasteiger partial charge in [0.25, 0.3) is 0 Å². The van der Waals surface area contributed by atoms with Crippen LogP contribution in [0.5, 0.6) is 0 Å². The monoisotopic (exact) mass is 150 g/mol. The zero-order valence-electron chi connectivity index (χ0n) is 3.91. The van der Waals surface area contributed by atoms with Gasteiger partial charge in [0, 0.05) is 12.4 Å². The Morgan fingerprint density at radius 2 is 1.75 bits per heavy atom. The lowest BCUT2D eigenvalue weighted by Crippen LogP contribution is -1.73. The van der Waals surface area contributed by atoms with Crippen molar-refractivity contribution in [3.05, 3.63) is 23.7 Å². The first-order chi connectivity index (χ1) is 3.39. The first-order valence-corrected chi connectivity index (χ1v) is 2.20. The Hall–Kier alpha value is -0.340. The highest BCUT2D eigenvalue weighted by atomic mass is 35.5. The summed E-state index contributed by atoms with van der Waals surface area (Å²) in [5.74, 6) is 0. The molecule has 0 amide bonds. The molecular weight excluding hydrogens is 147 g/mol. The molecule has 44 valence electrons. The zero-order chi connectivity index (χ0) is 5.11. The van der Waals surface area contributed by atoms with Crippen LogP contribution in [0.1, 0.15) is 0 Å². The summed E-state index contributed by atoms with van der Waals surface area (Å²) in [6.45, 7) is 0. The maximum atomic E-state index is 5.32. The number of halogens is 2. The lowest BCUT2D eigenvalue weighted by atomic mass is 10.7. The van der Waals surface area contributed by atoms with Crippen LogP contribution in [0, 0.1) is 0 Å². The van der Waals surface area contributed by atoms with Crippen LogP contribution in [-0.4, -0.2) is 9.97 Å². The predicted octanol–water partition coefficient (Wildman–Crippen LogP) is 1.55. The molecule has 0 fully saturated rings. The minimum Gasteiger partial charge on any atom is -0.227 e. The number of nitrogens with zero attached hydrogens (tertiary/aromatic N) is 2. The van der Waals surface area contributed by atoms with E-state index in [1.54, 1.807) is 18.5 Å². The predicted molar refractivity (Wildman–Crippen MR) is 34.3 cm³/mol. The molecular formula is C4H4Cl2N2. The maximum absolute atomic E-state index is 5.32. The smallest absolute Gasteiger partial charge is 0.222 e. The van der Waals surface area contributed by atoms with Gasteiger partial charge in [-0.2, -0.15) is 0 Å². The van der Waals surface area contributed by atoms with Crippen LogP contribution in [0.3, 0.4) is 0 Å². The number of hydrogen-bond donors (Lipinski definition) is 0. The Balaban J connectivity index is 0.000000490. The van der Waals surface area contributed by atoms with E-state index in [4.69, 9.17) is 11.6 Å². The van der Waals surface area contributed by atoms with E-state index in [2.05, 4.69) is 9.97 Å². The molecule has 0 aliphatic rings. The van der Waals surface area contributed by atoms with Crippen LogP contribution in [0.2, 0.25) is 5.28 Å². The van der Waals surface area contributed by atoms with E-state index in [0.717, 1.165) is 0 Å². The highest BCUT2D eigenvalue weighted by molar-refractivity contribution is 6.28. The molecule has 0 radical (unpaired) electrons. The van der Waals surface area contributed by atoms with Crippen LogP contribution in [-0.2, 0) is 0 Å². The zero-order valence-corrected chi connectivity index (χ0v) is 5.49. The number of rotatable bonds is 0. The van der Waals surface area contributed by atoms with E-state index < -0.39 is 0 Å². The average molecular weight is 151 g/mol. The molecule has 2 nitrogen and oxygen atoms in total. The molecule has 1 aromatic rings. The molecule has 0 aliphatic carbocycles. The van der Waals surface area contributed by atoms with Gasteiger partial charge in [-0.15, -0.1) is 12.4 Å². The molecule has 0 saturated carbocycles. The molecule has 0 aromatic carbocycles. The quantitative estimate of drug-likeness (QED) is 0.525. The van der Waals surface area contributed by atoms with Crippen LogP contribution >= 0.6 is 24.0 Å². The summed E-state index contributed by atoms with van der Waals surface area (Å²) in [6, 6.07) is 1.71. The van der Waals surface area contributed by atoms with Gasteiger partial charge in [-0.25, -0.2) is 9.97 Å². The molecule has 0 N–H and O–H groups in total. The summed E-state index contributed by atoms with van der Waals surface area (Å²) in [6.07, 6.45) is 3.19. The minimum absolute atomic E-state index is 0. The van der Waals surface area contributed by atoms with Crippen LogP contribution in [0.25, 0.3) is 0 Å². The fourth-order valence-electron chi connectivity index (χ4n) is 0.281. The van der Waals surface area contributed by atoms with Crippen molar-refractivity contribution in [3.63, 3.8) is 0 Å². The Labute approximate surface area is 58.3 Å². The van der Waals surface area contributed by atoms with E-state index in [9.17, 15) is 0 Å². The highest BCUT2D eigenvalue weighted by Gasteiger charge is 1.78. The molecule has 0 saturated heterocycles. The van der Waals surface area contributed by atoms with Gasteiger partial charge in [0.2, 0.25) is 5.28 Å². The van der Waals surface area contributed by atoms with Crippen molar-refractivity contribution in [2.75, 3.05) is 0 Å². The summed E-state index contributed by atoms with van der Waals surface area (Å²) < 4.78 is 0. The van der Waals surface area contributed by atoms with E-state index >= 15 is 0 Å². The molecule has 1 aromatic heterocycles. The molecule has 8 heavy (non-hydrogen) atoms. The Bertz CT molecular complexity index is 142. The van der Waals surface area contributed by atoms with Crippen molar-refractivity contribution >= 4 is 24.0 Å². The largest absolute Gasteiger partial charge is 0.227 e. The first-order valence-electron chi connectivity index (χ1n) is 1.82. The van der Waals surface area contributed by atoms with Crippen molar-refractivity contribution in [3.8, 4) is 0 Å². The van der Waals surface area contributed by atoms with Crippen LogP contribution in [0.4, 0.5) is 0 Å². The molecule has 1 heterocycles. The topological polar surface area (TPSA) is 25.8 Å². The van der Waals surface area contributed by atoms with E-state index in [1.807, 2.05) is 0 Å². The van der Waals surface area contributed by atoms with Gasteiger partial charge >= 0.3 is 0 Å². The average Bonchev–Trinajstić information content (AvgIpc) is 1.69. The summed E-state index contributed by atoms with van der Waals surface area (Å²) in [5.41, 5.74) is 0. The Morgan fingerprint density at radius 1 is 1.25 bits per heavy atom. The fourth-order valence-corrected chi connectivity index (χ4v) is 0.394. The SMILES string of the molecule is Cl.Clc1ncccn1. The lowest BCUT2D eigenvalue weighted by Gasteiger charge is -1.78. The van der Waals surface area contributed by atoms with Crippen LogP contribution in [0.15, 0.2) is 18.5 Å². The van der Waals surface area contributed by atoms with Gasteiger partial charge in [-0.05, 0) is 17.7 Å². The molecule has 0 bridgehead atoms. The van der Waals surface area contributed by atoms with Gasteiger partial charge in [-0.3, -0.25) is 0 Å². The van der Waals surface area contributed by atoms with Crippen molar-refractivity contribution in [1.82, 2.24) is 9.97 Å². The third kappa shape index (κ3) is 2.09. The standard InChI is InChI=1S/C4H3ClN2.ClH/c5-4-6-2-1-3-7-4;/h1-3H;1H. The molecule has 4 heteroatoms. The van der Waals surface area contributed by atoms with Crippen LogP contribution < -0.4 is 0 Å². The number of hydrogen-bond acceptors (Lipinski definition) is 2. The van der Waals surface area contributed by atoms with Crippen molar-refractivity contribution < 1.29 is 0 Å². The molecule has 0 spiro atoms. The summed E-state index contributed by atoms with van der Waals surface area (Å²) in [4.78, 5) is 7.27. The first kappa shape index (κ1) is 7.66. The van der Waals surface area contributed by atoms with Crippen molar-refractivity contribution in [2.45, 2.75) is 0 Å². The highest BCUT2D eigenvalue weighted by Crippen LogP contribution is 1.92. The van der Waals surface area contributed by atoms with Gasteiger partial charge in [-0.1, -0.05) is 0 Å². The van der Waals surface area contributed by atoms with Gasteiger partial charge in [0.15, 0.2) is 0 Å². The van der Waals surface area contributed by atoms with E-state index in [0.29, 0.717) is 5.28 Å². The van der Waals surface area contributed by atoms with E-state index in [1.165, 1.54) is 0 Å². The van der Waals surface area contributed by atoms with Crippen molar-refractivity contribution in [1.29, 1.82) is 0 Å². The second-order valence-corrected chi connectivity index (χ2v) is 1.36.